The predicted octanol–water partition coefficient (Wildman–Crippen LogP) is 0.588. The SMILES string of the molecule is COc1ccc(C=c2sc(=CC#N)n(C)c2=O)cc1. The molecule has 96 valence electrons. The van der Waals surface area contributed by atoms with Gasteiger partial charge in [-0.1, -0.05) is 12.1 Å². The van der Waals surface area contributed by atoms with Crippen molar-refractivity contribution >= 4 is 23.5 Å². The van der Waals surface area contributed by atoms with Crippen LogP contribution in [0, 0.1) is 11.3 Å². The summed E-state index contributed by atoms with van der Waals surface area (Å²) < 4.78 is 7.81. The average molecular weight is 272 g/mol. The molecule has 1 heterocycles. The highest BCUT2D eigenvalue weighted by atomic mass is 32.1. The van der Waals surface area contributed by atoms with E-state index in [1.54, 1.807) is 20.2 Å². The Kier molecular flexibility index (Phi) is 3.83. The Balaban J connectivity index is 2.55. The van der Waals surface area contributed by atoms with Gasteiger partial charge in [-0.25, -0.2) is 0 Å². The lowest BCUT2D eigenvalue weighted by atomic mass is 10.2. The van der Waals surface area contributed by atoms with Crippen LogP contribution in [0.5, 0.6) is 5.75 Å². The van der Waals surface area contributed by atoms with E-state index < -0.39 is 0 Å². The zero-order valence-electron chi connectivity index (χ0n) is 10.6. The summed E-state index contributed by atoms with van der Waals surface area (Å²) in [6.07, 6.45) is 3.18. The van der Waals surface area contributed by atoms with E-state index in [0.29, 0.717) is 9.20 Å². The van der Waals surface area contributed by atoms with Crippen LogP contribution in [0.2, 0.25) is 0 Å². The van der Waals surface area contributed by atoms with Crippen molar-refractivity contribution in [2.24, 2.45) is 7.05 Å². The van der Waals surface area contributed by atoms with Crippen LogP contribution in [0.1, 0.15) is 5.56 Å². The largest absolute Gasteiger partial charge is 0.497 e. The molecule has 4 nitrogen and oxygen atoms in total. The first kappa shape index (κ1) is 13.1. The molecule has 0 spiro atoms. The quantitative estimate of drug-likeness (QED) is 0.804. The third-order valence-corrected chi connectivity index (χ3v) is 3.78. The van der Waals surface area contributed by atoms with Gasteiger partial charge in [-0.2, -0.15) is 5.26 Å². The molecule has 1 aromatic carbocycles. The fourth-order valence-electron chi connectivity index (χ4n) is 1.61. The molecule has 2 aromatic rings. The Morgan fingerprint density at radius 3 is 2.63 bits per heavy atom. The number of nitrogens with zero attached hydrogens (tertiary/aromatic N) is 2. The van der Waals surface area contributed by atoms with E-state index in [1.165, 1.54) is 22.0 Å². The lowest BCUT2D eigenvalue weighted by Gasteiger charge is -1.98. The maximum Gasteiger partial charge on any atom is 0.268 e. The van der Waals surface area contributed by atoms with Crippen molar-refractivity contribution in [2.75, 3.05) is 7.11 Å². The molecule has 0 fully saturated rings. The predicted molar refractivity (Wildman–Crippen MR) is 75.4 cm³/mol. The Morgan fingerprint density at radius 2 is 2.05 bits per heavy atom. The summed E-state index contributed by atoms with van der Waals surface area (Å²) >= 11 is 1.30. The van der Waals surface area contributed by atoms with Gasteiger partial charge in [-0.05, 0) is 23.8 Å². The minimum Gasteiger partial charge on any atom is -0.497 e. The van der Waals surface area contributed by atoms with Gasteiger partial charge >= 0.3 is 0 Å². The Bertz CT molecular complexity index is 792. The molecule has 0 radical (unpaired) electrons. The van der Waals surface area contributed by atoms with E-state index in [2.05, 4.69) is 0 Å². The van der Waals surface area contributed by atoms with E-state index in [9.17, 15) is 4.79 Å². The first-order valence-corrected chi connectivity index (χ1v) is 6.39. The summed E-state index contributed by atoms with van der Waals surface area (Å²) in [4.78, 5) is 12.0. The van der Waals surface area contributed by atoms with Crippen molar-refractivity contribution in [3.8, 4) is 11.8 Å². The second-order valence-electron chi connectivity index (χ2n) is 3.86. The first-order valence-electron chi connectivity index (χ1n) is 5.57. The number of rotatable bonds is 2. The summed E-state index contributed by atoms with van der Waals surface area (Å²) in [5.74, 6) is 0.773. The van der Waals surface area contributed by atoms with Crippen LogP contribution < -0.4 is 19.5 Å². The zero-order valence-corrected chi connectivity index (χ0v) is 11.4. The van der Waals surface area contributed by atoms with Gasteiger partial charge in [-0.15, -0.1) is 11.3 Å². The molecule has 0 aliphatic rings. The smallest absolute Gasteiger partial charge is 0.268 e. The summed E-state index contributed by atoms with van der Waals surface area (Å²) in [7, 11) is 3.27. The van der Waals surface area contributed by atoms with Crippen molar-refractivity contribution in [1.29, 1.82) is 5.26 Å². The lowest BCUT2D eigenvalue weighted by molar-refractivity contribution is 0.415. The third-order valence-electron chi connectivity index (χ3n) is 2.66. The average Bonchev–Trinajstić information content (AvgIpc) is 2.69. The van der Waals surface area contributed by atoms with Crippen LogP contribution >= 0.6 is 11.3 Å². The van der Waals surface area contributed by atoms with Crippen LogP contribution in [-0.4, -0.2) is 11.7 Å². The molecule has 0 amide bonds. The summed E-state index contributed by atoms with van der Waals surface area (Å²) in [5, 5.41) is 8.65. The van der Waals surface area contributed by atoms with E-state index in [4.69, 9.17) is 10.00 Å². The van der Waals surface area contributed by atoms with Crippen LogP contribution in [0.3, 0.4) is 0 Å². The Hall–Kier alpha value is -2.32. The van der Waals surface area contributed by atoms with Crippen molar-refractivity contribution in [1.82, 2.24) is 4.57 Å². The van der Waals surface area contributed by atoms with Crippen LogP contribution in [0.25, 0.3) is 12.2 Å². The highest BCUT2D eigenvalue weighted by Crippen LogP contribution is 2.11. The van der Waals surface area contributed by atoms with Crippen molar-refractivity contribution < 1.29 is 4.74 Å². The molecule has 2 rings (SSSR count). The van der Waals surface area contributed by atoms with Crippen LogP contribution in [0.4, 0.5) is 0 Å². The van der Waals surface area contributed by atoms with Gasteiger partial charge in [0.1, 0.15) is 10.4 Å². The molecule has 0 N–H and O–H groups in total. The zero-order chi connectivity index (χ0) is 13.8. The first-order chi connectivity index (χ1) is 9.15. The van der Waals surface area contributed by atoms with Crippen LogP contribution in [0.15, 0.2) is 29.1 Å². The maximum absolute atomic E-state index is 12.0. The van der Waals surface area contributed by atoms with Gasteiger partial charge in [0.2, 0.25) is 0 Å². The molecule has 0 aliphatic heterocycles. The number of methoxy groups -OCH3 is 1. The van der Waals surface area contributed by atoms with Gasteiger partial charge in [0.05, 0.1) is 17.7 Å². The minimum absolute atomic E-state index is 0.0951. The van der Waals surface area contributed by atoms with Crippen molar-refractivity contribution in [3.63, 3.8) is 0 Å². The highest BCUT2D eigenvalue weighted by Gasteiger charge is 2.00. The van der Waals surface area contributed by atoms with E-state index in [0.717, 1.165) is 11.3 Å². The fourth-order valence-corrected chi connectivity index (χ4v) is 2.59. The number of hydrogen-bond donors (Lipinski definition) is 0. The van der Waals surface area contributed by atoms with E-state index in [-0.39, 0.29) is 5.56 Å². The Labute approximate surface area is 114 Å². The number of ether oxygens (including phenoxy) is 1. The second kappa shape index (κ2) is 5.55. The van der Waals surface area contributed by atoms with Gasteiger partial charge in [0.25, 0.3) is 5.56 Å². The highest BCUT2D eigenvalue weighted by molar-refractivity contribution is 7.07. The molecule has 0 aliphatic carbocycles. The number of aromatic nitrogens is 1. The molecule has 0 unspecified atom stereocenters. The number of benzene rings is 1. The van der Waals surface area contributed by atoms with Gasteiger partial charge in [-0.3, -0.25) is 4.79 Å². The molecular formula is C14H12N2O2S. The fraction of sp³-hybridized carbons (Fsp3) is 0.143. The minimum atomic E-state index is -0.0951. The topological polar surface area (TPSA) is 55.0 Å². The van der Waals surface area contributed by atoms with Crippen LogP contribution in [-0.2, 0) is 7.05 Å². The molecule has 1 aromatic heterocycles. The second-order valence-corrected chi connectivity index (χ2v) is 4.92. The molecule has 0 bridgehead atoms. The maximum atomic E-state index is 12.0. The normalized spacial score (nSPS) is 12.5. The standard InChI is InChI=1S/C14H12N2O2S/c1-16-13(7-8-15)19-12(14(16)17)9-10-3-5-11(18-2)6-4-10/h3-7,9H,1-2H3. The van der Waals surface area contributed by atoms with Gasteiger partial charge in [0, 0.05) is 13.1 Å². The lowest BCUT2D eigenvalue weighted by Crippen LogP contribution is -2.28. The summed E-state index contributed by atoms with van der Waals surface area (Å²) in [6, 6.07) is 9.38. The Morgan fingerprint density at radius 1 is 1.37 bits per heavy atom. The number of hydrogen-bond acceptors (Lipinski definition) is 4. The monoisotopic (exact) mass is 272 g/mol. The van der Waals surface area contributed by atoms with Gasteiger partial charge < -0.3 is 9.30 Å². The molecular weight excluding hydrogens is 260 g/mol. The molecule has 0 saturated heterocycles. The molecule has 19 heavy (non-hydrogen) atoms. The van der Waals surface area contributed by atoms with E-state index in [1.807, 2.05) is 30.3 Å². The summed E-state index contributed by atoms with van der Waals surface area (Å²) in [5.41, 5.74) is 0.825. The molecule has 0 saturated carbocycles. The number of thiazole rings is 1. The molecule has 5 heteroatoms. The third kappa shape index (κ3) is 2.75. The number of nitriles is 1. The summed E-state index contributed by atoms with van der Waals surface area (Å²) in [6.45, 7) is 0. The van der Waals surface area contributed by atoms with E-state index >= 15 is 0 Å². The molecule has 0 atom stereocenters. The van der Waals surface area contributed by atoms with Gasteiger partial charge in [0.15, 0.2) is 0 Å². The van der Waals surface area contributed by atoms with Crippen molar-refractivity contribution in [2.45, 2.75) is 0 Å². The van der Waals surface area contributed by atoms with Crippen molar-refractivity contribution in [3.05, 3.63) is 49.4 Å².